The van der Waals surface area contributed by atoms with Crippen LogP contribution in [0.5, 0.6) is 0 Å². The fraction of sp³-hybridized carbons (Fsp3) is 0.714. The fourth-order valence-electron chi connectivity index (χ4n) is 5.34. The van der Waals surface area contributed by atoms with E-state index in [9.17, 15) is 0 Å². The normalized spacial score (nSPS) is 59.1. The Morgan fingerprint density at radius 2 is 0.741 bits per heavy atom. The van der Waals surface area contributed by atoms with Gasteiger partial charge in [0.1, 0.15) is 19.5 Å². The molecular weight excluding hydrogens is 610 g/mol. The van der Waals surface area contributed by atoms with Gasteiger partial charge in [0.25, 0.3) is 0 Å². The van der Waals surface area contributed by atoms with Gasteiger partial charge in [0.05, 0.1) is 32.3 Å². The Labute approximate surface area is 214 Å². The second-order valence-electron chi connectivity index (χ2n) is 7.28. The first-order chi connectivity index (χ1) is 12.1. The van der Waals surface area contributed by atoms with Crippen molar-refractivity contribution in [2.45, 2.75) is 40.4 Å². The van der Waals surface area contributed by atoms with Gasteiger partial charge in [0, 0.05) is 11.8 Å². The minimum atomic E-state index is -1.81. The summed E-state index contributed by atoms with van der Waals surface area (Å²) in [5.74, 6) is -1.50. The van der Waals surface area contributed by atoms with Crippen molar-refractivity contribution in [1.82, 2.24) is 0 Å². The molecule has 0 aromatic heterocycles. The molecule has 27 heavy (non-hydrogen) atoms. The number of hydrogen-bond donors (Lipinski definition) is 0. The topological polar surface area (TPSA) is 9.23 Å². The van der Waals surface area contributed by atoms with Crippen molar-refractivity contribution in [3.8, 4) is 0 Å². The van der Waals surface area contributed by atoms with E-state index in [1.54, 1.807) is 0 Å². The van der Waals surface area contributed by atoms with E-state index in [2.05, 4.69) is 0 Å². The third-order valence-electron chi connectivity index (χ3n) is 6.53. The predicted octanol–water partition coefficient (Wildman–Crippen LogP) is 7.68. The molecular formula is C14H4Cl12O. The number of rotatable bonds is 0. The van der Waals surface area contributed by atoms with Gasteiger partial charge in [0.15, 0.2) is 8.67 Å². The lowest BCUT2D eigenvalue weighted by Crippen LogP contribution is -2.51. The number of allylic oxidation sites excluding steroid dienone is 2. The largest absolute Gasteiger partial charge is 0.370 e. The first-order valence-corrected chi connectivity index (χ1v) is 11.9. The number of fused-ring (bicyclic) bond motifs is 11. The first kappa shape index (κ1) is 21.7. The van der Waals surface area contributed by atoms with Crippen LogP contribution in [0.4, 0.5) is 0 Å². The lowest BCUT2D eigenvalue weighted by molar-refractivity contribution is 0.0144. The van der Waals surface area contributed by atoms with Gasteiger partial charge in [-0.2, -0.15) is 0 Å². The minimum absolute atomic E-state index is 0.000174. The molecule has 0 unspecified atom stereocenters. The zero-order valence-corrected chi connectivity index (χ0v) is 21.3. The van der Waals surface area contributed by atoms with Crippen molar-refractivity contribution in [1.29, 1.82) is 0 Å². The second kappa shape index (κ2) is 5.52. The molecule has 8 atom stereocenters. The van der Waals surface area contributed by atoms with Crippen LogP contribution in [0.25, 0.3) is 0 Å². The predicted molar refractivity (Wildman–Crippen MR) is 116 cm³/mol. The van der Waals surface area contributed by atoms with Gasteiger partial charge < -0.3 is 4.74 Å². The number of alkyl halides is 8. The lowest BCUT2D eigenvalue weighted by Gasteiger charge is -2.41. The van der Waals surface area contributed by atoms with Crippen LogP contribution in [0.1, 0.15) is 0 Å². The molecule has 4 aliphatic carbocycles. The van der Waals surface area contributed by atoms with E-state index in [4.69, 9.17) is 144 Å². The summed E-state index contributed by atoms with van der Waals surface area (Å²) >= 11 is 79.6. The highest BCUT2D eigenvalue weighted by atomic mass is 35.5. The zero-order chi connectivity index (χ0) is 20.3. The average Bonchev–Trinajstić information content (AvgIpc) is 3.16. The summed E-state index contributed by atoms with van der Waals surface area (Å²) < 4.78 is 2.57. The number of halogens is 12. The van der Waals surface area contributed by atoms with E-state index in [0.29, 0.717) is 0 Å². The molecule has 150 valence electrons. The lowest BCUT2D eigenvalue weighted by atomic mass is 9.74. The average molecular weight is 614 g/mol. The molecule has 0 N–H and O–H groups in total. The molecule has 0 aromatic rings. The van der Waals surface area contributed by atoms with Crippen LogP contribution in [-0.2, 0) is 4.74 Å². The Morgan fingerprint density at radius 3 is 1.04 bits per heavy atom. The molecule has 1 saturated heterocycles. The Kier molecular flexibility index (Phi) is 4.44. The van der Waals surface area contributed by atoms with Gasteiger partial charge in [-0.15, -0.1) is 46.4 Å². The number of ether oxygens (including phenoxy) is 1. The summed E-state index contributed by atoms with van der Waals surface area (Å²) in [5.41, 5.74) is 0. The molecule has 1 heterocycles. The van der Waals surface area contributed by atoms with Crippen LogP contribution >= 0.6 is 139 Å². The number of hydrogen-bond acceptors (Lipinski definition) is 1. The van der Waals surface area contributed by atoms with E-state index in [0.717, 1.165) is 0 Å². The molecule has 4 bridgehead atoms. The molecule has 0 amide bonds. The molecule has 3 fully saturated rings. The summed E-state index contributed by atoms with van der Waals surface area (Å²) in [4.78, 5) is -6.53. The van der Waals surface area contributed by atoms with Gasteiger partial charge in [-0.3, -0.25) is 0 Å². The van der Waals surface area contributed by atoms with Crippen molar-refractivity contribution in [2.75, 3.05) is 0 Å². The van der Waals surface area contributed by atoms with Gasteiger partial charge >= 0.3 is 0 Å². The van der Waals surface area contributed by atoms with Crippen LogP contribution in [-0.4, -0.2) is 40.4 Å². The molecule has 0 aromatic carbocycles. The Balaban J connectivity index is 1.80. The molecule has 5 rings (SSSR count). The summed E-state index contributed by atoms with van der Waals surface area (Å²) in [6, 6.07) is 0. The molecule has 1 nitrogen and oxygen atoms in total. The van der Waals surface area contributed by atoms with Gasteiger partial charge in [-0.05, 0) is 0 Å². The molecule has 1 aliphatic heterocycles. The van der Waals surface area contributed by atoms with Crippen molar-refractivity contribution >= 4 is 139 Å². The van der Waals surface area contributed by atoms with Crippen LogP contribution in [0.15, 0.2) is 20.1 Å². The van der Waals surface area contributed by atoms with Crippen LogP contribution in [0.2, 0.25) is 0 Å². The highest BCUT2D eigenvalue weighted by molar-refractivity contribution is 6.67. The summed E-state index contributed by atoms with van der Waals surface area (Å²) in [6.07, 6.45) is -1.77. The summed E-state index contributed by atoms with van der Waals surface area (Å²) in [5, 5.41) is 0.00695. The Bertz CT molecular complexity index is 811. The zero-order valence-electron chi connectivity index (χ0n) is 12.3. The molecule has 0 spiro atoms. The fourth-order valence-corrected chi connectivity index (χ4v) is 11.2. The van der Waals surface area contributed by atoms with Crippen LogP contribution < -0.4 is 0 Å². The van der Waals surface area contributed by atoms with Gasteiger partial charge in [-0.25, -0.2) is 0 Å². The molecule has 0 radical (unpaired) electrons. The first-order valence-electron chi connectivity index (χ1n) is 7.39. The maximum absolute atomic E-state index is 6.93. The summed E-state index contributed by atoms with van der Waals surface area (Å²) in [7, 11) is 0. The monoisotopic (exact) mass is 608 g/mol. The Hall–Kier alpha value is 2.92. The van der Waals surface area contributed by atoms with E-state index in [1.165, 1.54) is 0 Å². The van der Waals surface area contributed by atoms with E-state index >= 15 is 0 Å². The smallest absolute Gasteiger partial charge is 0.169 e. The van der Waals surface area contributed by atoms with Crippen molar-refractivity contribution in [3.63, 3.8) is 0 Å². The Morgan fingerprint density at radius 1 is 0.481 bits per heavy atom. The van der Waals surface area contributed by atoms with Gasteiger partial charge in [-0.1, -0.05) is 92.8 Å². The SMILES string of the molecule is ClC1=C(Cl)[C@]2(Cl)[C@H]3[C@@H]4[C@H](O[C@H]3[C@@]1(Cl)C2(Cl)Cl)[C@@]1(Cl)C(Cl)=C(Cl)[C@@]4(Cl)C1(Cl)Cl. The highest BCUT2D eigenvalue weighted by Gasteiger charge is 2.94. The van der Waals surface area contributed by atoms with Crippen molar-refractivity contribution in [3.05, 3.63) is 20.1 Å². The second-order valence-corrected chi connectivity index (χ2v) is 13.8. The molecule has 5 aliphatic rings. The standard InChI is InChI=1S/C14H4Cl12O/c15-3-5(17)11(21)7-1(9(3,19)13(11,23)24)2-8(27-7)12(22)6(18)4(16)10(2,20)14(12,25)26/h1-2,7-8H/t1-,2+,7+,8-,9-,10-,11+,12-/m1/s1. The third kappa shape index (κ3) is 1.70. The third-order valence-corrected chi connectivity index (χ3v) is 15.0. The van der Waals surface area contributed by atoms with Crippen molar-refractivity contribution < 1.29 is 4.74 Å². The summed E-state index contributed by atoms with van der Waals surface area (Å²) in [6.45, 7) is 0. The minimum Gasteiger partial charge on any atom is -0.370 e. The highest BCUT2D eigenvalue weighted by Crippen LogP contribution is 2.85. The maximum Gasteiger partial charge on any atom is 0.169 e. The van der Waals surface area contributed by atoms with E-state index in [-0.39, 0.29) is 20.1 Å². The van der Waals surface area contributed by atoms with Crippen LogP contribution in [0, 0.1) is 11.8 Å². The van der Waals surface area contributed by atoms with Gasteiger partial charge in [0.2, 0.25) is 0 Å². The van der Waals surface area contributed by atoms with Crippen molar-refractivity contribution in [2.24, 2.45) is 11.8 Å². The quantitative estimate of drug-likeness (QED) is 0.255. The van der Waals surface area contributed by atoms with E-state index in [1.807, 2.05) is 0 Å². The van der Waals surface area contributed by atoms with Crippen LogP contribution in [0.3, 0.4) is 0 Å². The maximum atomic E-state index is 6.93. The molecule has 13 heteroatoms. The van der Waals surface area contributed by atoms with E-state index < -0.39 is 52.2 Å². The molecule has 2 saturated carbocycles.